The van der Waals surface area contributed by atoms with Crippen molar-refractivity contribution in [2.45, 2.75) is 38.6 Å². The second-order valence-corrected chi connectivity index (χ2v) is 8.97. The van der Waals surface area contributed by atoms with Crippen LogP contribution in [0.5, 0.6) is 0 Å². The molecule has 1 saturated heterocycles. The molecule has 0 amide bonds. The van der Waals surface area contributed by atoms with E-state index in [4.69, 9.17) is 12.2 Å². The lowest BCUT2D eigenvalue weighted by atomic mass is 9.96. The molecule has 1 fully saturated rings. The van der Waals surface area contributed by atoms with Gasteiger partial charge in [-0.1, -0.05) is 6.07 Å². The second kappa shape index (κ2) is 9.57. The van der Waals surface area contributed by atoms with Gasteiger partial charge in [0.25, 0.3) is 5.69 Å². The van der Waals surface area contributed by atoms with Crippen LogP contribution in [0.15, 0.2) is 47.4 Å². The number of nitrogens with zero attached hydrogens (tertiary/aromatic N) is 4. The molecule has 31 heavy (non-hydrogen) atoms. The Bertz CT molecular complexity index is 1060. The fourth-order valence-electron chi connectivity index (χ4n) is 3.95. The number of piperidine rings is 1. The first kappa shape index (κ1) is 21.5. The molecule has 0 aliphatic carbocycles. The predicted molar refractivity (Wildman–Crippen MR) is 128 cm³/mol. The fourth-order valence-corrected chi connectivity index (χ4v) is 4.94. The maximum atomic E-state index is 11.1. The summed E-state index contributed by atoms with van der Waals surface area (Å²) >= 11 is 7.33. The summed E-state index contributed by atoms with van der Waals surface area (Å²) in [5.74, 6) is 1.57. The summed E-state index contributed by atoms with van der Waals surface area (Å²) in [6, 6.07) is 6.97. The van der Waals surface area contributed by atoms with Crippen molar-refractivity contribution in [1.82, 2.24) is 14.5 Å². The number of anilines is 1. The van der Waals surface area contributed by atoms with Gasteiger partial charge in [0.15, 0.2) is 5.11 Å². The molecule has 1 aliphatic rings. The summed E-state index contributed by atoms with van der Waals surface area (Å²) in [5, 5.41) is 19.2. The van der Waals surface area contributed by atoms with E-state index in [9.17, 15) is 10.1 Å². The molecule has 0 unspecified atom stereocenters. The number of likely N-dealkylation sites (tertiary alicyclic amines) is 1. The number of hydrogen-bond donors (Lipinski definition) is 1. The minimum atomic E-state index is -0.389. The van der Waals surface area contributed by atoms with Gasteiger partial charge in [-0.15, -0.1) is 0 Å². The Labute approximate surface area is 190 Å². The summed E-state index contributed by atoms with van der Waals surface area (Å²) < 4.78 is 2.28. The Balaban J connectivity index is 1.34. The van der Waals surface area contributed by atoms with Crippen LogP contribution in [0.2, 0.25) is 0 Å². The minimum absolute atomic E-state index is 0.0592. The smallest absolute Gasteiger partial charge is 0.271 e. The lowest BCUT2D eigenvalue weighted by Gasteiger charge is -2.34. The van der Waals surface area contributed by atoms with Crippen LogP contribution in [-0.4, -0.2) is 37.6 Å². The van der Waals surface area contributed by atoms with Crippen LogP contribution in [0.3, 0.4) is 0 Å². The quantitative estimate of drug-likeness (QED) is 0.321. The molecule has 0 atom stereocenters. The number of imidazole rings is 1. The maximum absolute atomic E-state index is 11.1. The highest BCUT2D eigenvalue weighted by Gasteiger charge is 2.25. The molecule has 0 spiro atoms. The van der Waals surface area contributed by atoms with Crippen LogP contribution in [-0.2, 0) is 13.0 Å². The van der Waals surface area contributed by atoms with E-state index in [1.54, 1.807) is 23.5 Å². The number of nitro groups is 1. The Hall–Kier alpha value is -2.78. The van der Waals surface area contributed by atoms with Crippen LogP contribution in [0.1, 0.15) is 35.7 Å². The van der Waals surface area contributed by atoms with Crippen LogP contribution in [0, 0.1) is 17.0 Å². The summed E-state index contributed by atoms with van der Waals surface area (Å²) in [7, 11) is 0. The molecule has 3 aromatic rings. The van der Waals surface area contributed by atoms with E-state index in [0.29, 0.717) is 16.7 Å². The van der Waals surface area contributed by atoms with Gasteiger partial charge >= 0.3 is 0 Å². The normalized spacial score (nSPS) is 14.5. The zero-order valence-corrected chi connectivity index (χ0v) is 19.0. The molecule has 1 aromatic carbocycles. The molecule has 9 heteroatoms. The zero-order chi connectivity index (χ0) is 21.8. The van der Waals surface area contributed by atoms with E-state index < -0.39 is 0 Å². The predicted octanol–water partition coefficient (Wildman–Crippen LogP) is 4.98. The van der Waals surface area contributed by atoms with E-state index in [0.717, 1.165) is 50.3 Å². The van der Waals surface area contributed by atoms with Crippen molar-refractivity contribution in [2.24, 2.45) is 0 Å². The van der Waals surface area contributed by atoms with Crippen molar-refractivity contribution in [2.75, 3.05) is 18.4 Å². The van der Waals surface area contributed by atoms with Crippen molar-refractivity contribution >= 4 is 40.0 Å². The number of thiocarbonyl (C=S) groups is 1. The van der Waals surface area contributed by atoms with Crippen molar-refractivity contribution in [3.05, 3.63) is 74.5 Å². The lowest BCUT2D eigenvalue weighted by Crippen LogP contribution is -2.40. The third-order valence-electron chi connectivity index (χ3n) is 5.79. The first-order valence-corrected chi connectivity index (χ1v) is 11.7. The van der Waals surface area contributed by atoms with Gasteiger partial charge in [0, 0.05) is 55.8 Å². The van der Waals surface area contributed by atoms with Crippen molar-refractivity contribution in [1.29, 1.82) is 0 Å². The highest BCUT2D eigenvalue weighted by atomic mass is 32.1. The monoisotopic (exact) mass is 455 g/mol. The summed E-state index contributed by atoms with van der Waals surface area (Å²) in [6.45, 7) is 4.53. The molecule has 0 radical (unpaired) electrons. The molecular formula is C22H25N5O2S2. The summed E-state index contributed by atoms with van der Waals surface area (Å²) in [5.41, 5.74) is 3.04. The summed E-state index contributed by atoms with van der Waals surface area (Å²) in [4.78, 5) is 17.5. The molecule has 1 N–H and O–H groups in total. The van der Waals surface area contributed by atoms with Crippen molar-refractivity contribution < 1.29 is 4.92 Å². The van der Waals surface area contributed by atoms with E-state index >= 15 is 0 Å². The molecule has 3 heterocycles. The first-order chi connectivity index (χ1) is 15.0. The molecule has 162 valence electrons. The van der Waals surface area contributed by atoms with Gasteiger partial charge in [0.2, 0.25) is 0 Å². The average Bonchev–Trinajstić information content (AvgIpc) is 3.45. The van der Waals surface area contributed by atoms with Gasteiger partial charge in [-0.3, -0.25) is 10.1 Å². The van der Waals surface area contributed by atoms with E-state index in [1.165, 1.54) is 11.6 Å². The number of hydrogen-bond acceptors (Lipinski definition) is 5. The highest BCUT2D eigenvalue weighted by molar-refractivity contribution is 7.80. The lowest BCUT2D eigenvalue weighted by molar-refractivity contribution is -0.384. The highest BCUT2D eigenvalue weighted by Crippen LogP contribution is 2.28. The molecule has 0 bridgehead atoms. The second-order valence-electron chi connectivity index (χ2n) is 7.81. The van der Waals surface area contributed by atoms with Crippen LogP contribution < -0.4 is 5.32 Å². The Morgan fingerprint density at radius 2 is 2.16 bits per heavy atom. The van der Waals surface area contributed by atoms with Crippen LogP contribution in [0.25, 0.3) is 0 Å². The Morgan fingerprint density at radius 1 is 1.35 bits per heavy atom. The van der Waals surface area contributed by atoms with Crippen LogP contribution >= 0.6 is 23.6 Å². The largest absolute Gasteiger partial charge is 0.349 e. The fraction of sp³-hybridized carbons (Fsp3) is 0.364. The van der Waals surface area contributed by atoms with Gasteiger partial charge in [0.05, 0.1) is 4.92 Å². The number of rotatable bonds is 6. The van der Waals surface area contributed by atoms with Gasteiger partial charge in [-0.2, -0.15) is 11.3 Å². The van der Waals surface area contributed by atoms with E-state index in [-0.39, 0.29) is 10.6 Å². The van der Waals surface area contributed by atoms with Crippen LogP contribution in [0.4, 0.5) is 11.4 Å². The number of nitrogens with one attached hydrogen (secondary N) is 1. The number of aryl methyl sites for hydroxylation is 3. The first-order valence-electron chi connectivity index (χ1n) is 10.3. The molecular weight excluding hydrogens is 430 g/mol. The number of non-ortho nitro benzene ring substituents is 1. The molecule has 0 saturated carbocycles. The minimum Gasteiger partial charge on any atom is -0.349 e. The third kappa shape index (κ3) is 5.11. The Morgan fingerprint density at radius 3 is 2.87 bits per heavy atom. The van der Waals surface area contributed by atoms with Gasteiger partial charge in [0.1, 0.15) is 5.82 Å². The Kier molecular flexibility index (Phi) is 6.62. The molecule has 1 aliphatic heterocycles. The van der Waals surface area contributed by atoms with E-state index in [1.807, 2.05) is 13.1 Å². The SMILES string of the molecule is Cc1ccc([N+](=O)[O-])cc1NC(=S)N1CCC(c2nccn2CCc2ccsc2)CC1. The third-order valence-corrected chi connectivity index (χ3v) is 6.88. The molecule has 2 aromatic heterocycles. The van der Waals surface area contributed by atoms with Crippen molar-refractivity contribution in [3.63, 3.8) is 0 Å². The number of nitro benzene ring substituents is 1. The average molecular weight is 456 g/mol. The van der Waals surface area contributed by atoms with Gasteiger partial charge in [-0.25, -0.2) is 4.98 Å². The topological polar surface area (TPSA) is 76.2 Å². The van der Waals surface area contributed by atoms with Gasteiger partial charge in [-0.05, 0) is 66.4 Å². The number of aromatic nitrogens is 2. The zero-order valence-electron chi connectivity index (χ0n) is 17.4. The van der Waals surface area contributed by atoms with Crippen molar-refractivity contribution in [3.8, 4) is 0 Å². The van der Waals surface area contributed by atoms with E-state index in [2.05, 4.69) is 42.8 Å². The number of thiophene rings is 1. The standard InChI is InChI=1S/C22H25N5O2S2/c1-16-2-3-19(27(28)29)14-20(16)24-22(30)26-10-5-18(6-11-26)21-23-8-12-25(21)9-4-17-7-13-31-15-17/h2-3,7-8,12-15,18H,4-6,9-11H2,1H3,(H,24,30). The maximum Gasteiger partial charge on any atom is 0.271 e. The molecule has 7 nitrogen and oxygen atoms in total. The summed E-state index contributed by atoms with van der Waals surface area (Å²) in [6.07, 6.45) is 6.94. The molecule has 4 rings (SSSR count). The van der Waals surface area contributed by atoms with Gasteiger partial charge < -0.3 is 14.8 Å². The number of benzene rings is 1.